The molecule has 1 aliphatic rings. The molecule has 2 rings (SSSR count). The van der Waals surface area contributed by atoms with Crippen LogP contribution >= 0.6 is 11.8 Å². The number of hydrogen-bond acceptors (Lipinski definition) is 3. The molecule has 0 bridgehead atoms. The number of carbonyl (C=O) groups excluding carboxylic acids is 1. The molecular weight excluding hydrogens is 208 g/mol. The molecule has 0 unspecified atom stereocenters. The number of thioether (sulfide) groups is 1. The van der Waals surface area contributed by atoms with E-state index in [2.05, 4.69) is 0 Å². The van der Waals surface area contributed by atoms with Crippen molar-refractivity contribution in [3.63, 3.8) is 0 Å². The highest BCUT2D eigenvalue weighted by Gasteiger charge is 2.29. The first-order chi connectivity index (χ1) is 7.29. The lowest BCUT2D eigenvalue weighted by atomic mass is 10.3. The summed E-state index contributed by atoms with van der Waals surface area (Å²) in [5, 5.41) is 0. The Morgan fingerprint density at radius 1 is 1.40 bits per heavy atom. The zero-order valence-corrected chi connectivity index (χ0v) is 9.55. The van der Waals surface area contributed by atoms with E-state index >= 15 is 0 Å². The molecule has 1 aliphatic carbocycles. The second kappa shape index (κ2) is 4.71. The molecule has 1 saturated carbocycles. The molecule has 15 heavy (non-hydrogen) atoms. The van der Waals surface area contributed by atoms with Crippen molar-refractivity contribution in [3.05, 3.63) is 24.3 Å². The van der Waals surface area contributed by atoms with Crippen LogP contribution in [0.5, 0.6) is 5.75 Å². The van der Waals surface area contributed by atoms with Gasteiger partial charge in [-0.2, -0.15) is 0 Å². The molecule has 0 N–H and O–H groups in total. The van der Waals surface area contributed by atoms with Gasteiger partial charge in [-0.05, 0) is 43.4 Å². The quantitative estimate of drug-likeness (QED) is 0.717. The number of Topliss-reactive ketones (excluding diaryl/α,β-unsaturated/α-hetero) is 1. The molecule has 0 aliphatic heterocycles. The summed E-state index contributed by atoms with van der Waals surface area (Å²) in [4.78, 5) is 12.6. The van der Waals surface area contributed by atoms with Crippen LogP contribution in [0.25, 0.3) is 0 Å². The van der Waals surface area contributed by atoms with Gasteiger partial charge in [0.25, 0.3) is 0 Å². The summed E-state index contributed by atoms with van der Waals surface area (Å²) in [5.74, 6) is 1.31. The summed E-state index contributed by atoms with van der Waals surface area (Å²) < 4.78 is 5.41. The van der Waals surface area contributed by atoms with Crippen LogP contribution in [0.4, 0.5) is 0 Å². The maximum absolute atomic E-state index is 11.4. The number of benzene rings is 1. The number of ether oxygens (including phenoxy) is 1. The lowest BCUT2D eigenvalue weighted by Crippen LogP contribution is -2.12. The van der Waals surface area contributed by atoms with Crippen LogP contribution < -0.4 is 4.74 Å². The van der Waals surface area contributed by atoms with Crippen molar-refractivity contribution < 1.29 is 9.53 Å². The molecule has 1 aromatic rings. The standard InChI is InChI=1S/C12H14O2S/c1-15-11-6-4-10(5-7-11)14-8-12(13)9-2-3-9/h4-7,9H,2-3,8H2,1H3. The van der Waals surface area contributed by atoms with Crippen LogP contribution in [0, 0.1) is 5.92 Å². The van der Waals surface area contributed by atoms with Crippen molar-refractivity contribution in [1.29, 1.82) is 0 Å². The SMILES string of the molecule is CSc1ccc(OCC(=O)C2CC2)cc1. The van der Waals surface area contributed by atoms with Crippen molar-refractivity contribution in [3.8, 4) is 5.75 Å². The maximum Gasteiger partial charge on any atom is 0.173 e. The third kappa shape index (κ3) is 2.99. The lowest BCUT2D eigenvalue weighted by Gasteiger charge is -2.05. The Bertz CT molecular complexity index is 341. The average Bonchev–Trinajstić information content (AvgIpc) is 3.10. The smallest absolute Gasteiger partial charge is 0.173 e. The van der Waals surface area contributed by atoms with E-state index < -0.39 is 0 Å². The van der Waals surface area contributed by atoms with Crippen LogP contribution in [0.1, 0.15) is 12.8 Å². The maximum atomic E-state index is 11.4. The van der Waals surface area contributed by atoms with Gasteiger partial charge < -0.3 is 4.74 Å². The van der Waals surface area contributed by atoms with Crippen molar-refractivity contribution >= 4 is 17.5 Å². The van der Waals surface area contributed by atoms with E-state index in [1.165, 1.54) is 4.90 Å². The lowest BCUT2D eigenvalue weighted by molar-refractivity contribution is -0.122. The highest BCUT2D eigenvalue weighted by molar-refractivity contribution is 7.98. The fourth-order valence-electron chi connectivity index (χ4n) is 1.35. The molecule has 3 heteroatoms. The van der Waals surface area contributed by atoms with E-state index in [0.29, 0.717) is 0 Å². The predicted octanol–water partition coefficient (Wildman–Crippen LogP) is 2.77. The van der Waals surface area contributed by atoms with Gasteiger partial charge in [-0.3, -0.25) is 4.79 Å². The van der Waals surface area contributed by atoms with E-state index in [0.717, 1.165) is 18.6 Å². The number of ketones is 1. The Morgan fingerprint density at radius 3 is 2.60 bits per heavy atom. The predicted molar refractivity (Wildman–Crippen MR) is 61.4 cm³/mol. The first-order valence-electron chi connectivity index (χ1n) is 5.09. The Kier molecular flexibility index (Phi) is 3.31. The van der Waals surface area contributed by atoms with Crippen molar-refractivity contribution in [2.75, 3.05) is 12.9 Å². The summed E-state index contributed by atoms with van der Waals surface area (Å²) in [7, 11) is 0. The molecule has 0 amide bonds. The van der Waals surface area contributed by atoms with Gasteiger partial charge in [0.1, 0.15) is 12.4 Å². The largest absolute Gasteiger partial charge is 0.486 e. The second-order valence-electron chi connectivity index (χ2n) is 3.70. The molecule has 0 heterocycles. The number of hydrogen-bond donors (Lipinski definition) is 0. The Hall–Kier alpha value is -0.960. The normalized spacial score (nSPS) is 15.0. The van der Waals surface area contributed by atoms with Crippen LogP contribution in [0.3, 0.4) is 0 Å². The zero-order valence-electron chi connectivity index (χ0n) is 8.73. The van der Waals surface area contributed by atoms with Gasteiger partial charge in [0, 0.05) is 10.8 Å². The van der Waals surface area contributed by atoms with Crippen molar-refractivity contribution in [1.82, 2.24) is 0 Å². The Morgan fingerprint density at radius 2 is 2.07 bits per heavy atom. The van der Waals surface area contributed by atoms with Crippen LogP contribution in [0.15, 0.2) is 29.2 Å². The Labute approximate surface area is 94.0 Å². The fourth-order valence-corrected chi connectivity index (χ4v) is 1.76. The minimum absolute atomic E-state index is 0.225. The third-order valence-corrected chi connectivity index (χ3v) is 3.22. The van der Waals surface area contributed by atoms with Gasteiger partial charge in [0.05, 0.1) is 0 Å². The molecule has 1 aromatic carbocycles. The minimum Gasteiger partial charge on any atom is -0.486 e. The summed E-state index contributed by atoms with van der Waals surface area (Å²) in [6.07, 6.45) is 4.13. The van der Waals surface area contributed by atoms with E-state index in [-0.39, 0.29) is 18.3 Å². The third-order valence-electron chi connectivity index (χ3n) is 2.47. The summed E-state index contributed by atoms with van der Waals surface area (Å²) in [5.41, 5.74) is 0. The summed E-state index contributed by atoms with van der Waals surface area (Å²) in [6, 6.07) is 7.82. The van der Waals surface area contributed by atoms with Crippen LogP contribution in [-0.2, 0) is 4.79 Å². The average molecular weight is 222 g/mol. The van der Waals surface area contributed by atoms with E-state index in [1.807, 2.05) is 30.5 Å². The van der Waals surface area contributed by atoms with E-state index in [1.54, 1.807) is 11.8 Å². The highest BCUT2D eigenvalue weighted by atomic mass is 32.2. The molecule has 2 nitrogen and oxygen atoms in total. The van der Waals surface area contributed by atoms with Crippen molar-refractivity contribution in [2.45, 2.75) is 17.7 Å². The van der Waals surface area contributed by atoms with Gasteiger partial charge in [-0.15, -0.1) is 11.8 Å². The van der Waals surface area contributed by atoms with Gasteiger partial charge in [-0.25, -0.2) is 0 Å². The molecule has 0 spiro atoms. The molecule has 0 aromatic heterocycles. The molecule has 1 fully saturated rings. The molecule has 80 valence electrons. The van der Waals surface area contributed by atoms with E-state index in [9.17, 15) is 4.79 Å². The topological polar surface area (TPSA) is 26.3 Å². The van der Waals surface area contributed by atoms with Gasteiger partial charge in [0.15, 0.2) is 5.78 Å². The Balaban J connectivity index is 1.84. The van der Waals surface area contributed by atoms with E-state index in [4.69, 9.17) is 4.74 Å². The molecule has 0 saturated heterocycles. The zero-order chi connectivity index (χ0) is 10.7. The molecular formula is C12H14O2S. The molecule has 0 radical (unpaired) electrons. The van der Waals surface area contributed by atoms with Crippen LogP contribution in [0.2, 0.25) is 0 Å². The molecule has 0 atom stereocenters. The van der Waals surface area contributed by atoms with Gasteiger partial charge in [-0.1, -0.05) is 0 Å². The fraction of sp³-hybridized carbons (Fsp3) is 0.417. The first kappa shape index (κ1) is 10.6. The van der Waals surface area contributed by atoms with Gasteiger partial charge >= 0.3 is 0 Å². The first-order valence-corrected chi connectivity index (χ1v) is 6.31. The summed E-state index contributed by atoms with van der Waals surface area (Å²) in [6.45, 7) is 0.225. The van der Waals surface area contributed by atoms with Crippen molar-refractivity contribution in [2.24, 2.45) is 5.92 Å². The van der Waals surface area contributed by atoms with Crippen LogP contribution in [-0.4, -0.2) is 18.6 Å². The number of rotatable bonds is 5. The minimum atomic E-state index is 0.225. The van der Waals surface area contributed by atoms with Gasteiger partial charge in [0.2, 0.25) is 0 Å². The monoisotopic (exact) mass is 222 g/mol. The summed E-state index contributed by atoms with van der Waals surface area (Å²) >= 11 is 1.69. The highest BCUT2D eigenvalue weighted by Crippen LogP contribution is 2.30. The number of carbonyl (C=O) groups is 1. The second-order valence-corrected chi connectivity index (χ2v) is 4.58.